The summed E-state index contributed by atoms with van der Waals surface area (Å²) in [6.07, 6.45) is 0. The van der Waals surface area contributed by atoms with Crippen molar-refractivity contribution in [1.29, 1.82) is 0 Å². The van der Waals surface area contributed by atoms with Crippen molar-refractivity contribution >= 4 is 53.2 Å². The van der Waals surface area contributed by atoms with Gasteiger partial charge in [0.25, 0.3) is 0 Å². The third-order valence-corrected chi connectivity index (χ3v) is 12.1. The number of benzene rings is 8. The Morgan fingerprint density at radius 1 is 0.316 bits per heavy atom. The Bertz CT molecular complexity index is 3260. The molecule has 0 aliphatic carbocycles. The number of thiophene rings is 1. The Labute approximate surface area is 334 Å². The quantitative estimate of drug-likeness (QED) is 0.159. The van der Waals surface area contributed by atoms with Crippen LogP contribution in [0.5, 0.6) is 0 Å². The predicted molar refractivity (Wildman–Crippen MR) is 240 cm³/mol. The molecule has 0 spiro atoms. The van der Waals surface area contributed by atoms with Gasteiger partial charge in [0, 0.05) is 58.6 Å². The highest BCUT2D eigenvalue weighted by molar-refractivity contribution is 7.26. The smallest absolute Gasteiger partial charge is 0.160 e. The maximum atomic E-state index is 5.30. The maximum Gasteiger partial charge on any atom is 0.160 e. The largest absolute Gasteiger partial charge is 0.247 e. The van der Waals surface area contributed by atoms with Crippen LogP contribution < -0.4 is 0 Å². The van der Waals surface area contributed by atoms with Crippen LogP contribution in [0.4, 0.5) is 0 Å². The van der Waals surface area contributed by atoms with Gasteiger partial charge in [0.05, 0.1) is 22.6 Å². The minimum absolute atomic E-state index is 0.700. The van der Waals surface area contributed by atoms with Gasteiger partial charge in [-0.05, 0) is 46.5 Å². The molecule has 57 heavy (non-hydrogen) atoms. The summed E-state index contributed by atoms with van der Waals surface area (Å²) in [5.41, 5.74) is 12.6. The van der Waals surface area contributed by atoms with E-state index in [9.17, 15) is 0 Å². The molecule has 266 valence electrons. The first-order valence-corrected chi connectivity index (χ1v) is 20.0. The van der Waals surface area contributed by atoms with Crippen LogP contribution in [-0.4, -0.2) is 15.0 Å². The Morgan fingerprint density at radius 3 is 1.60 bits per heavy atom. The van der Waals surface area contributed by atoms with Crippen molar-refractivity contribution in [2.45, 2.75) is 0 Å². The van der Waals surface area contributed by atoms with Crippen molar-refractivity contribution in [2.75, 3.05) is 0 Å². The molecule has 8 aromatic carbocycles. The van der Waals surface area contributed by atoms with E-state index in [1.165, 1.54) is 41.9 Å². The molecule has 3 nitrogen and oxygen atoms in total. The van der Waals surface area contributed by atoms with E-state index in [4.69, 9.17) is 15.0 Å². The van der Waals surface area contributed by atoms with Crippen molar-refractivity contribution in [3.05, 3.63) is 200 Å². The van der Waals surface area contributed by atoms with E-state index in [-0.39, 0.29) is 0 Å². The van der Waals surface area contributed by atoms with Crippen molar-refractivity contribution in [3.8, 4) is 67.4 Å². The van der Waals surface area contributed by atoms with E-state index in [0.29, 0.717) is 5.82 Å². The van der Waals surface area contributed by atoms with Crippen LogP contribution in [0.1, 0.15) is 0 Å². The van der Waals surface area contributed by atoms with Crippen LogP contribution in [0.2, 0.25) is 0 Å². The average Bonchev–Trinajstić information content (AvgIpc) is 3.68. The minimum atomic E-state index is 0.700. The fraction of sp³-hybridized carbons (Fsp3) is 0. The summed E-state index contributed by atoms with van der Waals surface area (Å²) >= 11 is 1.87. The SMILES string of the molecule is c1ccc(-c2ccc(-c3nc(-c4ccccc4)cc(-c4ccc(-c5cccc(-c6nc7ccccc7c7c6ccc6c8ccccc8sc67)c5)cc4)n3)cc2)cc1. The van der Waals surface area contributed by atoms with Gasteiger partial charge in [0.2, 0.25) is 0 Å². The van der Waals surface area contributed by atoms with Crippen LogP contribution in [0.25, 0.3) is 109 Å². The van der Waals surface area contributed by atoms with Gasteiger partial charge in [-0.15, -0.1) is 11.3 Å². The third kappa shape index (κ3) is 5.95. The van der Waals surface area contributed by atoms with E-state index in [1.54, 1.807) is 0 Å². The summed E-state index contributed by atoms with van der Waals surface area (Å²) in [5.74, 6) is 0.700. The Morgan fingerprint density at radius 2 is 0.842 bits per heavy atom. The van der Waals surface area contributed by atoms with Gasteiger partial charge in [-0.3, -0.25) is 0 Å². The molecule has 0 aliphatic rings. The van der Waals surface area contributed by atoms with E-state index in [0.717, 1.165) is 61.5 Å². The lowest BCUT2D eigenvalue weighted by Gasteiger charge is -2.13. The summed E-state index contributed by atoms with van der Waals surface area (Å²) in [5, 5.41) is 6.23. The second kappa shape index (κ2) is 13.8. The molecule has 3 heterocycles. The highest BCUT2D eigenvalue weighted by Crippen LogP contribution is 2.43. The normalized spacial score (nSPS) is 11.5. The van der Waals surface area contributed by atoms with E-state index in [1.807, 2.05) is 23.5 Å². The molecule has 0 saturated carbocycles. The topological polar surface area (TPSA) is 38.7 Å². The monoisotopic (exact) mass is 743 g/mol. The van der Waals surface area contributed by atoms with E-state index in [2.05, 4.69) is 188 Å². The third-order valence-electron chi connectivity index (χ3n) is 10.9. The predicted octanol–water partition coefficient (Wildman–Crippen LogP) is 14.5. The summed E-state index contributed by atoms with van der Waals surface area (Å²) in [4.78, 5) is 15.5. The second-order valence-corrected chi connectivity index (χ2v) is 15.4. The van der Waals surface area contributed by atoms with Gasteiger partial charge in [0.1, 0.15) is 0 Å². The summed E-state index contributed by atoms with van der Waals surface area (Å²) in [7, 11) is 0. The van der Waals surface area contributed by atoms with Crippen LogP contribution >= 0.6 is 11.3 Å². The molecule has 0 N–H and O–H groups in total. The van der Waals surface area contributed by atoms with Gasteiger partial charge >= 0.3 is 0 Å². The van der Waals surface area contributed by atoms with Crippen LogP contribution in [0, 0.1) is 0 Å². The van der Waals surface area contributed by atoms with Crippen LogP contribution in [-0.2, 0) is 0 Å². The molecule has 4 heteroatoms. The Hall–Kier alpha value is -7.27. The van der Waals surface area contributed by atoms with Crippen molar-refractivity contribution < 1.29 is 0 Å². The fourth-order valence-corrected chi connectivity index (χ4v) is 9.30. The zero-order valence-corrected chi connectivity index (χ0v) is 31.6. The number of aromatic nitrogens is 3. The van der Waals surface area contributed by atoms with E-state index >= 15 is 0 Å². The highest BCUT2D eigenvalue weighted by atomic mass is 32.1. The van der Waals surface area contributed by atoms with Crippen LogP contribution in [0.3, 0.4) is 0 Å². The molecule has 0 aliphatic heterocycles. The fourth-order valence-electron chi connectivity index (χ4n) is 8.04. The zero-order valence-electron chi connectivity index (χ0n) is 30.8. The van der Waals surface area contributed by atoms with Crippen molar-refractivity contribution in [1.82, 2.24) is 15.0 Å². The highest BCUT2D eigenvalue weighted by Gasteiger charge is 2.17. The average molecular weight is 744 g/mol. The zero-order chi connectivity index (χ0) is 37.7. The Kier molecular flexibility index (Phi) is 8.01. The molecule has 0 amide bonds. The lowest BCUT2D eigenvalue weighted by molar-refractivity contribution is 1.18. The molecule has 0 unspecified atom stereocenters. The summed E-state index contributed by atoms with van der Waals surface area (Å²) in [6, 6.07) is 70.7. The second-order valence-electron chi connectivity index (χ2n) is 14.4. The molecule has 3 aromatic heterocycles. The molecule has 0 bridgehead atoms. The number of para-hydroxylation sites is 1. The van der Waals surface area contributed by atoms with Gasteiger partial charge < -0.3 is 0 Å². The van der Waals surface area contributed by atoms with E-state index < -0.39 is 0 Å². The molecule has 0 fully saturated rings. The molecule has 0 saturated heterocycles. The molecular formula is C53H33N3S. The van der Waals surface area contributed by atoms with Gasteiger partial charge in [-0.25, -0.2) is 15.0 Å². The number of hydrogen-bond acceptors (Lipinski definition) is 4. The lowest BCUT2D eigenvalue weighted by atomic mass is 9.95. The molecule has 0 atom stereocenters. The maximum absolute atomic E-state index is 5.30. The number of pyridine rings is 1. The number of fused-ring (bicyclic) bond motifs is 7. The number of rotatable bonds is 6. The number of hydrogen-bond donors (Lipinski definition) is 0. The molecule has 11 aromatic rings. The van der Waals surface area contributed by atoms with Crippen LogP contribution in [0.15, 0.2) is 200 Å². The summed E-state index contributed by atoms with van der Waals surface area (Å²) < 4.78 is 2.62. The van der Waals surface area contributed by atoms with Gasteiger partial charge in [-0.2, -0.15) is 0 Å². The van der Waals surface area contributed by atoms with Gasteiger partial charge in [0.15, 0.2) is 5.82 Å². The molecule has 0 radical (unpaired) electrons. The summed E-state index contributed by atoms with van der Waals surface area (Å²) in [6.45, 7) is 0. The standard InChI is InChI=1S/C53H33N3S/c1-3-12-34(13-4-1)35-24-28-39(29-25-35)53-55-47(37-14-5-2-6-15-37)33-48(56-53)38-26-22-36(23-27-38)40-16-11-17-41(32-40)51-45-31-30-43-42-18-8-10-21-49(42)57-52(43)50(45)44-19-7-9-20-46(44)54-51/h1-33H. The first kappa shape index (κ1) is 33.1. The first-order chi connectivity index (χ1) is 28.2. The van der Waals surface area contributed by atoms with Crippen molar-refractivity contribution in [2.24, 2.45) is 0 Å². The molecule has 11 rings (SSSR count). The minimum Gasteiger partial charge on any atom is -0.247 e. The Balaban J connectivity index is 0.978. The lowest BCUT2D eigenvalue weighted by Crippen LogP contribution is -1.96. The van der Waals surface area contributed by atoms with Crippen molar-refractivity contribution in [3.63, 3.8) is 0 Å². The van der Waals surface area contributed by atoms with Gasteiger partial charge in [-0.1, -0.05) is 176 Å². The molecular weight excluding hydrogens is 711 g/mol. The number of nitrogens with zero attached hydrogens (tertiary/aromatic N) is 3. The first-order valence-electron chi connectivity index (χ1n) is 19.2.